The van der Waals surface area contributed by atoms with Crippen LogP contribution in [-0.2, 0) is 0 Å². The molecule has 0 fully saturated rings. The van der Waals surface area contributed by atoms with E-state index in [4.69, 9.17) is 5.26 Å². The Balaban J connectivity index is 2.70. The molecule has 14 heavy (non-hydrogen) atoms. The summed E-state index contributed by atoms with van der Waals surface area (Å²) in [5.74, 6) is 0. The molecule has 2 nitrogen and oxygen atoms in total. The Bertz CT molecular complexity index is 322. The van der Waals surface area contributed by atoms with Gasteiger partial charge in [-0.15, -0.1) is 0 Å². The maximum atomic E-state index is 8.91. The van der Waals surface area contributed by atoms with Gasteiger partial charge in [0.25, 0.3) is 0 Å². The molecule has 0 heterocycles. The Hall–Kier alpha value is -1.49. The van der Waals surface area contributed by atoms with Crippen molar-refractivity contribution >= 4 is 5.69 Å². The first-order valence-corrected chi connectivity index (χ1v) is 4.72. The molecule has 1 aromatic rings. The quantitative estimate of drug-likeness (QED) is 0.729. The van der Waals surface area contributed by atoms with Crippen LogP contribution in [0.4, 0.5) is 5.69 Å². The molecule has 0 spiro atoms. The lowest BCUT2D eigenvalue weighted by atomic mass is 9.95. The number of rotatable bonds is 3. The van der Waals surface area contributed by atoms with Crippen molar-refractivity contribution in [2.24, 2.45) is 5.41 Å². The Morgan fingerprint density at radius 1 is 1.29 bits per heavy atom. The fourth-order valence-electron chi connectivity index (χ4n) is 1.40. The molecule has 0 aliphatic heterocycles. The third-order valence-corrected chi connectivity index (χ3v) is 2.13. The van der Waals surface area contributed by atoms with Crippen LogP contribution < -0.4 is 4.90 Å². The largest absolute Gasteiger partial charge is 0.373 e. The smallest absolute Gasteiger partial charge is 0.0702 e. The maximum Gasteiger partial charge on any atom is 0.0702 e. The Morgan fingerprint density at radius 3 is 2.36 bits per heavy atom. The van der Waals surface area contributed by atoms with Gasteiger partial charge in [0.15, 0.2) is 0 Å². The fourth-order valence-corrected chi connectivity index (χ4v) is 1.40. The first kappa shape index (κ1) is 10.6. The normalized spacial score (nSPS) is 10.7. The summed E-state index contributed by atoms with van der Waals surface area (Å²) in [6.07, 6.45) is 0. The van der Waals surface area contributed by atoms with Crippen LogP contribution in [0.15, 0.2) is 30.3 Å². The highest BCUT2D eigenvalue weighted by Gasteiger charge is 2.19. The van der Waals surface area contributed by atoms with Gasteiger partial charge in [-0.2, -0.15) is 5.26 Å². The van der Waals surface area contributed by atoms with Crippen LogP contribution in [0.2, 0.25) is 0 Å². The SMILES string of the molecule is CN(CC(C)(C)C#N)c1ccccc1. The number of nitrogens with zero attached hydrogens (tertiary/aromatic N) is 2. The molecule has 0 aromatic heterocycles. The lowest BCUT2D eigenvalue weighted by Gasteiger charge is -2.26. The first-order chi connectivity index (χ1) is 6.55. The van der Waals surface area contributed by atoms with Crippen molar-refractivity contribution < 1.29 is 0 Å². The van der Waals surface area contributed by atoms with Gasteiger partial charge in [-0.25, -0.2) is 0 Å². The van der Waals surface area contributed by atoms with Gasteiger partial charge < -0.3 is 4.90 Å². The number of hydrogen-bond acceptors (Lipinski definition) is 2. The second kappa shape index (κ2) is 4.15. The van der Waals surface area contributed by atoms with Gasteiger partial charge in [-0.3, -0.25) is 0 Å². The molecule has 1 rings (SSSR count). The molecule has 0 amide bonds. The minimum atomic E-state index is -0.301. The lowest BCUT2D eigenvalue weighted by molar-refractivity contribution is 0.497. The molecule has 0 unspecified atom stereocenters. The van der Waals surface area contributed by atoms with E-state index in [-0.39, 0.29) is 5.41 Å². The molecule has 2 heteroatoms. The molecule has 1 aromatic carbocycles. The predicted octanol–water partition coefficient (Wildman–Crippen LogP) is 2.67. The summed E-state index contributed by atoms with van der Waals surface area (Å²) < 4.78 is 0. The van der Waals surface area contributed by atoms with Gasteiger partial charge >= 0.3 is 0 Å². The summed E-state index contributed by atoms with van der Waals surface area (Å²) in [7, 11) is 2.01. The molecule has 0 saturated carbocycles. The summed E-state index contributed by atoms with van der Waals surface area (Å²) in [4.78, 5) is 2.10. The highest BCUT2D eigenvalue weighted by molar-refractivity contribution is 5.45. The second-order valence-corrected chi connectivity index (χ2v) is 4.19. The van der Waals surface area contributed by atoms with Gasteiger partial charge in [0.05, 0.1) is 11.5 Å². The van der Waals surface area contributed by atoms with Gasteiger partial charge in [0.1, 0.15) is 0 Å². The van der Waals surface area contributed by atoms with E-state index in [2.05, 4.69) is 11.0 Å². The summed E-state index contributed by atoms with van der Waals surface area (Å²) >= 11 is 0. The van der Waals surface area contributed by atoms with E-state index in [9.17, 15) is 0 Å². The van der Waals surface area contributed by atoms with Crippen molar-refractivity contribution in [3.63, 3.8) is 0 Å². The number of benzene rings is 1. The van der Waals surface area contributed by atoms with E-state index >= 15 is 0 Å². The van der Waals surface area contributed by atoms with Crippen LogP contribution >= 0.6 is 0 Å². The maximum absolute atomic E-state index is 8.91. The fraction of sp³-hybridized carbons (Fsp3) is 0.417. The first-order valence-electron chi connectivity index (χ1n) is 4.72. The highest BCUT2D eigenvalue weighted by Crippen LogP contribution is 2.19. The standard InChI is InChI=1S/C12H16N2/c1-12(2,9-13)10-14(3)11-7-5-4-6-8-11/h4-8H,10H2,1-3H3. The van der Waals surface area contributed by atoms with Crippen LogP contribution in [0.5, 0.6) is 0 Å². The minimum Gasteiger partial charge on any atom is -0.373 e. The zero-order valence-corrected chi connectivity index (χ0v) is 8.99. The van der Waals surface area contributed by atoms with E-state index in [1.165, 1.54) is 0 Å². The number of para-hydroxylation sites is 1. The highest BCUT2D eigenvalue weighted by atomic mass is 15.1. The predicted molar refractivity (Wildman–Crippen MR) is 59.1 cm³/mol. The van der Waals surface area contributed by atoms with Crippen LogP contribution in [0, 0.1) is 16.7 Å². The lowest BCUT2D eigenvalue weighted by Crippen LogP contribution is -2.30. The molecule has 0 radical (unpaired) electrons. The summed E-state index contributed by atoms with van der Waals surface area (Å²) in [6, 6.07) is 12.4. The van der Waals surface area contributed by atoms with Crippen molar-refractivity contribution in [3.8, 4) is 6.07 Å². The second-order valence-electron chi connectivity index (χ2n) is 4.19. The third kappa shape index (κ3) is 2.77. The number of nitriles is 1. The van der Waals surface area contributed by atoms with Crippen molar-refractivity contribution in [2.75, 3.05) is 18.5 Å². The Morgan fingerprint density at radius 2 is 1.86 bits per heavy atom. The molecule has 0 atom stereocenters. The summed E-state index contributed by atoms with van der Waals surface area (Å²) in [5, 5.41) is 8.91. The molecule has 0 saturated heterocycles. The van der Waals surface area contributed by atoms with Gasteiger partial charge in [0, 0.05) is 19.3 Å². The van der Waals surface area contributed by atoms with E-state index < -0.39 is 0 Å². The average Bonchev–Trinajstić information content (AvgIpc) is 2.19. The molecule has 74 valence electrons. The van der Waals surface area contributed by atoms with Crippen molar-refractivity contribution in [1.29, 1.82) is 5.26 Å². The zero-order valence-electron chi connectivity index (χ0n) is 8.99. The summed E-state index contributed by atoms with van der Waals surface area (Å²) in [5.41, 5.74) is 0.848. The monoisotopic (exact) mass is 188 g/mol. The zero-order chi connectivity index (χ0) is 10.6. The summed E-state index contributed by atoms with van der Waals surface area (Å²) in [6.45, 7) is 4.65. The van der Waals surface area contributed by atoms with E-state index in [1.54, 1.807) is 0 Å². The molecule has 0 aliphatic carbocycles. The van der Waals surface area contributed by atoms with Crippen LogP contribution in [0.25, 0.3) is 0 Å². The van der Waals surface area contributed by atoms with E-state index in [0.717, 1.165) is 12.2 Å². The van der Waals surface area contributed by atoms with E-state index in [1.807, 2.05) is 51.2 Å². The Kier molecular flexibility index (Phi) is 3.14. The third-order valence-electron chi connectivity index (χ3n) is 2.13. The molecule has 0 N–H and O–H groups in total. The topological polar surface area (TPSA) is 27.0 Å². The van der Waals surface area contributed by atoms with Crippen molar-refractivity contribution in [3.05, 3.63) is 30.3 Å². The average molecular weight is 188 g/mol. The van der Waals surface area contributed by atoms with Crippen LogP contribution in [0.3, 0.4) is 0 Å². The molecule has 0 bridgehead atoms. The molecular formula is C12H16N2. The van der Waals surface area contributed by atoms with Crippen LogP contribution in [-0.4, -0.2) is 13.6 Å². The van der Waals surface area contributed by atoms with Crippen LogP contribution in [0.1, 0.15) is 13.8 Å². The minimum absolute atomic E-state index is 0.301. The number of hydrogen-bond donors (Lipinski definition) is 0. The molecular weight excluding hydrogens is 172 g/mol. The Labute approximate surface area is 85.8 Å². The number of anilines is 1. The van der Waals surface area contributed by atoms with Crippen molar-refractivity contribution in [1.82, 2.24) is 0 Å². The van der Waals surface area contributed by atoms with Crippen molar-refractivity contribution in [2.45, 2.75) is 13.8 Å². The van der Waals surface area contributed by atoms with Gasteiger partial charge in [-0.1, -0.05) is 18.2 Å². The molecule has 0 aliphatic rings. The van der Waals surface area contributed by atoms with E-state index in [0.29, 0.717) is 0 Å². The van der Waals surface area contributed by atoms with Gasteiger partial charge in [-0.05, 0) is 26.0 Å². The van der Waals surface area contributed by atoms with Gasteiger partial charge in [0.2, 0.25) is 0 Å².